The molecule has 0 radical (unpaired) electrons. The minimum atomic E-state index is -2.01. The second-order valence-electron chi connectivity index (χ2n) is 7.01. The lowest BCUT2D eigenvalue weighted by atomic mass is 9.64. The summed E-state index contributed by atoms with van der Waals surface area (Å²) in [6, 6.07) is 7.65. The van der Waals surface area contributed by atoms with E-state index < -0.39 is 30.0 Å². The molecule has 3 rings (SSSR count). The van der Waals surface area contributed by atoms with Crippen LogP contribution in [0.4, 0.5) is 0 Å². The molecule has 0 unspecified atom stereocenters. The Morgan fingerprint density at radius 1 is 1.07 bits per heavy atom. The Bertz CT molecular complexity index is 925. The van der Waals surface area contributed by atoms with Crippen LogP contribution in [0.3, 0.4) is 0 Å². The maximum atomic E-state index is 12.5. The number of esters is 1. The number of phenols is 2. The number of carbonyl (C=O) groups excluding carboxylic acids is 1. The van der Waals surface area contributed by atoms with Crippen molar-refractivity contribution in [3.8, 4) is 23.0 Å². The van der Waals surface area contributed by atoms with Crippen molar-refractivity contribution in [3.05, 3.63) is 47.0 Å². The minimum absolute atomic E-state index is 0.0753. The second kappa shape index (κ2) is 7.81. The number of aliphatic hydroxyl groups is 2. The monoisotopic (exact) mass is 404 g/mol. The summed E-state index contributed by atoms with van der Waals surface area (Å²) >= 11 is 0. The van der Waals surface area contributed by atoms with Gasteiger partial charge in [-0.25, -0.2) is 4.79 Å². The summed E-state index contributed by atoms with van der Waals surface area (Å²) in [5, 5.41) is 41.7. The summed E-state index contributed by atoms with van der Waals surface area (Å²) < 4.78 is 15.2. The first kappa shape index (κ1) is 20.8. The molecule has 156 valence electrons. The van der Waals surface area contributed by atoms with E-state index in [0.717, 1.165) is 0 Å². The van der Waals surface area contributed by atoms with Crippen molar-refractivity contribution in [2.45, 2.75) is 17.9 Å². The standard InChI is InChI=1S/C21H24O8/c1-27-17-6-11(4-5-15(17)23)19-13-8-16(24)18(28-2)7-12(13)9-21(26,14(19)10-22)20(25)29-3/h4-8,14,19,22-24,26H,9-10H2,1-3H3/t14-,19+,21+/m1/s1. The Hall–Kier alpha value is -2.97. The molecule has 0 aliphatic heterocycles. The highest BCUT2D eigenvalue weighted by Gasteiger charge is 2.53. The average Bonchev–Trinajstić information content (AvgIpc) is 2.72. The van der Waals surface area contributed by atoms with Gasteiger partial charge in [-0.3, -0.25) is 0 Å². The molecule has 0 saturated heterocycles. The van der Waals surface area contributed by atoms with E-state index in [0.29, 0.717) is 16.7 Å². The average molecular weight is 404 g/mol. The molecule has 8 nitrogen and oxygen atoms in total. The van der Waals surface area contributed by atoms with E-state index >= 15 is 0 Å². The van der Waals surface area contributed by atoms with Crippen molar-refractivity contribution in [3.63, 3.8) is 0 Å². The van der Waals surface area contributed by atoms with Crippen molar-refractivity contribution in [2.75, 3.05) is 27.9 Å². The molecule has 0 aromatic heterocycles. The summed E-state index contributed by atoms with van der Waals surface area (Å²) in [4.78, 5) is 12.5. The van der Waals surface area contributed by atoms with Crippen molar-refractivity contribution in [1.29, 1.82) is 0 Å². The van der Waals surface area contributed by atoms with Gasteiger partial charge >= 0.3 is 5.97 Å². The van der Waals surface area contributed by atoms with Crippen LogP contribution in [0, 0.1) is 5.92 Å². The van der Waals surface area contributed by atoms with Crippen LogP contribution in [0.25, 0.3) is 0 Å². The molecule has 4 N–H and O–H groups in total. The Morgan fingerprint density at radius 3 is 2.31 bits per heavy atom. The molecule has 1 aliphatic carbocycles. The van der Waals surface area contributed by atoms with Gasteiger partial charge in [0.1, 0.15) is 0 Å². The number of methoxy groups -OCH3 is 3. The van der Waals surface area contributed by atoms with E-state index in [1.165, 1.54) is 33.5 Å². The van der Waals surface area contributed by atoms with Gasteiger partial charge in [-0.1, -0.05) is 6.07 Å². The van der Waals surface area contributed by atoms with Crippen LogP contribution in [0.15, 0.2) is 30.3 Å². The van der Waals surface area contributed by atoms with Gasteiger partial charge in [0.05, 0.1) is 27.9 Å². The van der Waals surface area contributed by atoms with E-state index in [1.807, 2.05) is 0 Å². The highest BCUT2D eigenvalue weighted by atomic mass is 16.5. The van der Waals surface area contributed by atoms with Crippen LogP contribution < -0.4 is 9.47 Å². The largest absolute Gasteiger partial charge is 0.504 e. The number of rotatable bonds is 5. The smallest absolute Gasteiger partial charge is 0.338 e. The maximum absolute atomic E-state index is 12.5. The number of hydrogen-bond donors (Lipinski definition) is 4. The zero-order valence-electron chi connectivity index (χ0n) is 16.4. The van der Waals surface area contributed by atoms with E-state index in [1.54, 1.807) is 18.2 Å². The first-order chi connectivity index (χ1) is 13.8. The van der Waals surface area contributed by atoms with Crippen LogP contribution in [-0.4, -0.2) is 59.9 Å². The lowest BCUT2D eigenvalue weighted by Crippen LogP contribution is -2.54. The van der Waals surface area contributed by atoms with Crippen molar-refractivity contribution in [2.24, 2.45) is 5.92 Å². The highest BCUT2D eigenvalue weighted by Crippen LogP contribution is 2.49. The number of fused-ring (bicyclic) bond motifs is 1. The number of benzene rings is 2. The number of hydrogen-bond acceptors (Lipinski definition) is 8. The topological polar surface area (TPSA) is 126 Å². The van der Waals surface area contributed by atoms with Crippen molar-refractivity contribution < 1.29 is 39.4 Å². The highest BCUT2D eigenvalue weighted by molar-refractivity contribution is 5.81. The van der Waals surface area contributed by atoms with Gasteiger partial charge in [-0.05, 0) is 41.0 Å². The van der Waals surface area contributed by atoms with Gasteiger partial charge in [-0.2, -0.15) is 0 Å². The molecule has 0 bridgehead atoms. The number of aliphatic hydroxyl groups excluding tert-OH is 1. The third-order valence-electron chi connectivity index (χ3n) is 5.55. The molecule has 0 saturated carbocycles. The molecule has 29 heavy (non-hydrogen) atoms. The van der Waals surface area contributed by atoms with Crippen LogP contribution in [0.5, 0.6) is 23.0 Å². The Labute approximate surface area is 167 Å². The van der Waals surface area contributed by atoms with Crippen LogP contribution in [-0.2, 0) is 16.0 Å². The molecule has 3 atom stereocenters. The maximum Gasteiger partial charge on any atom is 0.338 e. The fourth-order valence-electron chi connectivity index (χ4n) is 4.10. The molecular formula is C21H24O8. The quantitative estimate of drug-likeness (QED) is 0.550. The van der Waals surface area contributed by atoms with Crippen LogP contribution in [0.1, 0.15) is 22.6 Å². The van der Waals surface area contributed by atoms with E-state index in [4.69, 9.17) is 14.2 Å². The molecule has 0 spiro atoms. The van der Waals surface area contributed by atoms with E-state index in [-0.39, 0.29) is 29.4 Å². The normalized spacial score (nSPS) is 23.2. The fourth-order valence-corrected chi connectivity index (χ4v) is 4.10. The molecule has 2 aromatic rings. The molecule has 0 heterocycles. The molecule has 8 heteroatoms. The van der Waals surface area contributed by atoms with Crippen molar-refractivity contribution >= 4 is 5.97 Å². The number of ether oxygens (including phenoxy) is 3. The number of phenolic OH excluding ortho intramolecular Hbond substituents is 2. The first-order valence-electron chi connectivity index (χ1n) is 8.99. The summed E-state index contributed by atoms with van der Waals surface area (Å²) in [6.07, 6.45) is -0.122. The zero-order valence-corrected chi connectivity index (χ0v) is 16.4. The molecule has 1 aliphatic rings. The summed E-state index contributed by atoms with van der Waals surface area (Å²) in [7, 11) is 3.97. The van der Waals surface area contributed by atoms with Crippen LogP contribution in [0.2, 0.25) is 0 Å². The van der Waals surface area contributed by atoms with Gasteiger partial charge in [0.15, 0.2) is 28.6 Å². The SMILES string of the molecule is COC(=O)[C@]1(O)Cc2cc(OC)c(O)cc2[C@H](c2ccc(O)c(OC)c2)[C@H]1CO. The minimum Gasteiger partial charge on any atom is -0.504 e. The van der Waals surface area contributed by atoms with Gasteiger partial charge in [0, 0.05) is 18.3 Å². The van der Waals surface area contributed by atoms with E-state index in [2.05, 4.69) is 0 Å². The third kappa shape index (κ3) is 3.34. The summed E-state index contributed by atoms with van der Waals surface area (Å²) in [6.45, 7) is -0.522. The van der Waals surface area contributed by atoms with Gasteiger partial charge in [0.25, 0.3) is 0 Å². The van der Waals surface area contributed by atoms with Crippen molar-refractivity contribution in [1.82, 2.24) is 0 Å². The lowest BCUT2D eigenvalue weighted by Gasteiger charge is -2.43. The Balaban J connectivity index is 2.28. The molecule has 0 fully saturated rings. The molecular weight excluding hydrogens is 380 g/mol. The Kier molecular flexibility index (Phi) is 5.59. The fraction of sp³-hybridized carbons (Fsp3) is 0.381. The number of aromatic hydroxyl groups is 2. The summed E-state index contributed by atoms with van der Waals surface area (Å²) in [5.74, 6) is -2.32. The second-order valence-corrected chi connectivity index (χ2v) is 7.01. The number of carbonyl (C=O) groups is 1. The molecule has 0 amide bonds. The van der Waals surface area contributed by atoms with Gasteiger partial charge in [0.2, 0.25) is 0 Å². The van der Waals surface area contributed by atoms with E-state index in [9.17, 15) is 25.2 Å². The van der Waals surface area contributed by atoms with Gasteiger partial charge < -0.3 is 34.6 Å². The molecule has 2 aromatic carbocycles. The zero-order chi connectivity index (χ0) is 21.3. The predicted octanol–water partition coefficient (Wildman–Crippen LogP) is 1.32. The third-order valence-corrected chi connectivity index (χ3v) is 5.55. The first-order valence-corrected chi connectivity index (χ1v) is 8.99. The Morgan fingerprint density at radius 2 is 1.72 bits per heavy atom. The van der Waals surface area contributed by atoms with Gasteiger partial charge in [-0.15, -0.1) is 0 Å². The summed E-state index contributed by atoms with van der Waals surface area (Å²) in [5.41, 5.74) is -0.252. The predicted molar refractivity (Wildman–Crippen MR) is 102 cm³/mol. The lowest BCUT2D eigenvalue weighted by molar-refractivity contribution is -0.172. The van der Waals surface area contributed by atoms with Crippen LogP contribution >= 0.6 is 0 Å².